The number of fused-ring (bicyclic) bond motifs is 1. The molecule has 5 rings (SSSR count). The van der Waals surface area contributed by atoms with Crippen molar-refractivity contribution in [3.8, 4) is 11.5 Å². The van der Waals surface area contributed by atoms with E-state index in [1.165, 1.54) is 12.8 Å². The maximum absolute atomic E-state index is 13.4. The van der Waals surface area contributed by atoms with Crippen LogP contribution >= 0.6 is 0 Å². The molecule has 3 heterocycles. The molecule has 150 valence electrons. The monoisotopic (exact) mass is 397 g/mol. The molecule has 30 heavy (non-hydrogen) atoms. The Balaban J connectivity index is 1.50. The third kappa shape index (κ3) is 3.72. The summed E-state index contributed by atoms with van der Waals surface area (Å²) in [5, 5.41) is 3.96. The van der Waals surface area contributed by atoms with Crippen molar-refractivity contribution in [2.24, 2.45) is 0 Å². The molecular formula is C25H23N3O2. The summed E-state index contributed by atoms with van der Waals surface area (Å²) in [5.74, 6) is 0.500. The number of rotatable bonds is 5. The fourth-order valence-corrected chi connectivity index (χ4v) is 4.07. The predicted molar refractivity (Wildman–Crippen MR) is 118 cm³/mol. The number of nitrogens with one attached hydrogen (secondary N) is 1. The molecule has 0 spiro atoms. The zero-order chi connectivity index (χ0) is 20.3. The van der Waals surface area contributed by atoms with Crippen LogP contribution in [-0.4, -0.2) is 28.9 Å². The van der Waals surface area contributed by atoms with Crippen LogP contribution in [0, 0.1) is 0 Å². The molecule has 0 bridgehead atoms. The van der Waals surface area contributed by atoms with Gasteiger partial charge in [-0.05, 0) is 61.8 Å². The van der Waals surface area contributed by atoms with Crippen molar-refractivity contribution in [2.75, 3.05) is 18.4 Å². The normalized spacial score (nSPS) is 14.3. The van der Waals surface area contributed by atoms with Gasteiger partial charge >= 0.3 is 0 Å². The number of anilines is 1. The van der Waals surface area contributed by atoms with Gasteiger partial charge in [0, 0.05) is 17.6 Å². The van der Waals surface area contributed by atoms with Crippen molar-refractivity contribution in [3.05, 3.63) is 84.1 Å². The number of aromatic nitrogens is 1. The molecule has 5 heteroatoms. The van der Waals surface area contributed by atoms with Crippen LogP contribution in [0.4, 0.5) is 5.69 Å². The summed E-state index contributed by atoms with van der Waals surface area (Å²) in [4.78, 5) is 20.5. The van der Waals surface area contributed by atoms with Crippen molar-refractivity contribution in [3.63, 3.8) is 0 Å². The number of hydrogen-bond donors (Lipinski definition) is 1. The van der Waals surface area contributed by atoms with Gasteiger partial charge in [-0.15, -0.1) is 0 Å². The zero-order valence-electron chi connectivity index (χ0n) is 16.7. The van der Waals surface area contributed by atoms with Gasteiger partial charge in [0.05, 0.1) is 17.3 Å². The molecule has 2 aromatic heterocycles. The van der Waals surface area contributed by atoms with Crippen molar-refractivity contribution < 1.29 is 9.21 Å². The molecule has 5 nitrogen and oxygen atoms in total. The van der Waals surface area contributed by atoms with Gasteiger partial charge in [-0.3, -0.25) is 9.69 Å². The van der Waals surface area contributed by atoms with E-state index >= 15 is 0 Å². The van der Waals surface area contributed by atoms with Crippen LogP contribution in [0.1, 0.15) is 28.8 Å². The second-order valence-corrected chi connectivity index (χ2v) is 7.64. The molecule has 1 amide bonds. The Morgan fingerprint density at radius 3 is 2.63 bits per heavy atom. The summed E-state index contributed by atoms with van der Waals surface area (Å²) in [6.07, 6.45) is 4.10. The minimum Gasteiger partial charge on any atom is -0.463 e. The average Bonchev–Trinajstić information content (AvgIpc) is 3.49. The van der Waals surface area contributed by atoms with Crippen LogP contribution in [0.25, 0.3) is 22.4 Å². The fraction of sp³-hybridized carbons (Fsp3) is 0.200. The lowest BCUT2D eigenvalue weighted by atomic mass is 10.1. The number of amides is 1. The SMILES string of the molecule is O=C(Nc1ccccc1CN1CCCC1)c1cc(-c2ccco2)nc2ccccc12. The standard InChI is InChI=1S/C25H23N3O2/c29-25(27-21-10-3-1-8-18(21)17-28-13-5-6-14-28)20-16-23(24-12-7-15-30-24)26-22-11-4-2-9-19(20)22/h1-4,7-12,15-16H,5-6,13-14,17H2,(H,27,29). The van der Waals surface area contributed by atoms with Crippen LogP contribution < -0.4 is 5.32 Å². The second-order valence-electron chi connectivity index (χ2n) is 7.64. The highest BCUT2D eigenvalue weighted by molar-refractivity contribution is 6.13. The van der Waals surface area contributed by atoms with Crippen LogP contribution in [0.2, 0.25) is 0 Å². The summed E-state index contributed by atoms with van der Waals surface area (Å²) in [5.41, 5.74) is 3.99. The molecule has 1 aliphatic heterocycles. The number of para-hydroxylation sites is 2. The summed E-state index contributed by atoms with van der Waals surface area (Å²) in [7, 11) is 0. The van der Waals surface area contributed by atoms with Gasteiger partial charge in [-0.25, -0.2) is 4.98 Å². The summed E-state index contributed by atoms with van der Waals surface area (Å²) in [6, 6.07) is 21.2. The van der Waals surface area contributed by atoms with Crippen LogP contribution in [0.3, 0.4) is 0 Å². The first-order valence-corrected chi connectivity index (χ1v) is 10.3. The van der Waals surface area contributed by atoms with Crippen LogP contribution in [0.15, 0.2) is 77.4 Å². The molecule has 1 aliphatic rings. The fourth-order valence-electron chi connectivity index (χ4n) is 4.07. The average molecular weight is 397 g/mol. The van der Waals surface area contributed by atoms with Crippen LogP contribution in [0.5, 0.6) is 0 Å². The predicted octanol–water partition coefficient (Wildman–Crippen LogP) is 5.34. The highest BCUT2D eigenvalue weighted by Gasteiger charge is 2.18. The summed E-state index contributed by atoms with van der Waals surface area (Å²) in [6.45, 7) is 3.08. The molecular weight excluding hydrogens is 374 g/mol. The molecule has 0 unspecified atom stereocenters. The zero-order valence-corrected chi connectivity index (χ0v) is 16.7. The number of carbonyl (C=O) groups is 1. The first-order chi connectivity index (χ1) is 14.8. The number of carbonyl (C=O) groups excluding carboxylic acids is 1. The molecule has 1 saturated heterocycles. The maximum atomic E-state index is 13.4. The Hall–Kier alpha value is -3.44. The van der Waals surface area contributed by atoms with Gasteiger partial charge in [0.1, 0.15) is 5.69 Å². The van der Waals surface area contributed by atoms with Gasteiger partial charge in [0.2, 0.25) is 0 Å². The Morgan fingerprint density at radius 2 is 1.80 bits per heavy atom. The number of likely N-dealkylation sites (tertiary alicyclic amines) is 1. The summed E-state index contributed by atoms with van der Waals surface area (Å²) < 4.78 is 5.52. The molecule has 0 atom stereocenters. The molecule has 0 aliphatic carbocycles. The van der Waals surface area contributed by atoms with E-state index < -0.39 is 0 Å². The third-order valence-corrected chi connectivity index (χ3v) is 5.59. The highest BCUT2D eigenvalue weighted by atomic mass is 16.3. The van der Waals surface area contributed by atoms with Gasteiger partial charge in [0.15, 0.2) is 5.76 Å². The van der Waals surface area contributed by atoms with E-state index in [-0.39, 0.29) is 5.91 Å². The van der Waals surface area contributed by atoms with E-state index in [0.717, 1.165) is 41.8 Å². The Labute approximate surface area is 175 Å². The maximum Gasteiger partial charge on any atom is 0.256 e. The van der Waals surface area contributed by atoms with Gasteiger partial charge in [-0.1, -0.05) is 36.4 Å². The summed E-state index contributed by atoms with van der Waals surface area (Å²) >= 11 is 0. The van der Waals surface area contributed by atoms with E-state index in [1.807, 2.05) is 54.6 Å². The van der Waals surface area contributed by atoms with Crippen molar-refractivity contribution in [1.29, 1.82) is 0 Å². The van der Waals surface area contributed by atoms with E-state index in [9.17, 15) is 4.79 Å². The number of furan rings is 1. The molecule has 1 fully saturated rings. The topological polar surface area (TPSA) is 58.4 Å². The van der Waals surface area contributed by atoms with Crippen molar-refractivity contribution in [1.82, 2.24) is 9.88 Å². The first kappa shape index (κ1) is 18.6. The molecule has 0 saturated carbocycles. The van der Waals surface area contributed by atoms with Gasteiger partial charge < -0.3 is 9.73 Å². The number of benzene rings is 2. The Bertz CT molecular complexity index is 1180. The Morgan fingerprint density at radius 1 is 1.00 bits per heavy atom. The molecule has 1 N–H and O–H groups in total. The van der Waals surface area contributed by atoms with Gasteiger partial charge in [-0.2, -0.15) is 0 Å². The van der Waals surface area contributed by atoms with E-state index in [4.69, 9.17) is 4.42 Å². The second kappa shape index (κ2) is 8.13. The first-order valence-electron chi connectivity index (χ1n) is 10.3. The van der Waals surface area contributed by atoms with Crippen molar-refractivity contribution in [2.45, 2.75) is 19.4 Å². The minimum atomic E-state index is -0.143. The quantitative estimate of drug-likeness (QED) is 0.494. The molecule has 0 radical (unpaired) electrons. The van der Waals surface area contributed by atoms with Crippen molar-refractivity contribution >= 4 is 22.5 Å². The van der Waals surface area contributed by atoms with Gasteiger partial charge in [0.25, 0.3) is 5.91 Å². The number of pyridine rings is 1. The third-order valence-electron chi connectivity index (χ3n) is 5.59. The van der Waals surface area contributed by atoms with Crippen LogP contribution in [-0.2, 0) is 6.54 Å². The largest absolute Gasteiger partial charge is 0.463 e. The number of hydrogen-bond acceptors (Lipinski definition) is 4. The lowest BCUT2D eigenvalue weighted by molar-refractivity contribution is 0.102. The molecule has 4 aromatic rings. The number of nitrogens with zero attached hydrogens (tertiary/aromatic N) is 2. The van der Waals surface area contributed by atoms with E-state index in [0.29, 0.717) is 17.0 Å². The highest BCUT2D eigenvalue weighted by Crippen LogP contribution is 2.27. The minimum absolute atomic E-state index is 0.143. The Kier molecular flexibility index (Phi) is 5.03. The lowest BCUT2D eigenvalue weighted by Gasteiger charge is -2.18. The van der Waals surface area contributed by atoms with E-state index in [2.05, 4.69) is 21.3 Å². The lowest BCUT2D eigenvalue weighted by Crippen LogP contribution is -2.20. The molecule has 2 aromatic carbocycles. The van der Waals surface area contributed by atoms with E-state index in [1.54, 1.807) is 12.3 Å². The smallest absolute Gasteiger partial charge is 0.256 e.